The van der Waals surface area contributed by atoms with Crippen LogP contribution in [0.15, 0.2) is 72.8 Å². The largest absolute Gasteiger partial charge is 0.0843 e. The standard InChI is InChI=1S/C20H13Cl2I/c21-17-9-5-14(6-10-17)19(15-7-11-18(22)12-8-15)13-16-3-1-2-4-20(16)23/h1-13H. The van der Waals surface area contributed by atoms with Crippen LogP contribution in [0.1, 0.15) is 16.7 Å². The van der Waals surface area contributed by atoms with Crippen LogP contribution in [0.2, 0.25) is 10.0 Å². The molecule has 0 aliphatic rings. The Morgan fingerprint density at radius 1 is 0.696 bits per heavy atom. The third-order valence-corrected chi connectivity index (χ3v) is 5.00. The Kier molecular flexibility index (Phi) is 5.42. The molecular weight excluding hydrogens is 438 g/mol. The molecule has 0 amide bonds. The minimum Gasteiger partial charge on any atom is -0.0843 e. The van der Waals surface area contributed by atoms with Crippen molar-refractivity contribution >= 4 is 57.4 Å². The first-order valence-electron chi connectivity index (χ1n) is 7.11. The van der Waals surface area contributed by atoms with Gasteiger partial charge >= 0.3 is 0 Å². The zero-order chi connectivity index (χ0) is 16.2. The van der Waals surface area contributed by atoms with Crippen LogP contribution in [0.25, 0.3) is 11.6 Å². The highest BCUT2D eigenvalue weighted by Gasteiger charge is 2.07. The molecular formula is C20H13Cl2I. The lowest BCUT2D eigenvalue weighted by Crippen LogP contribution is -1.89. The Hall–Kier alpha value is -1.29. The Morgan fingerprint density at radius 2 is 1.17 bits per heavy atom. The summed E-state index contributed by atoms with van der Waals surface area (Å²) in [7, 11) is 0. The van der Waals surface area contributed by atoms with Crippen LogP contribution >= 0.6 is 45.8 Å². The second-order valence-electron chi connectivity index (χ2n) is 5.09. The maximum Gasteiger partial charge on any atom is 0.0406 e. The van der Waals surface area contributed by atoms with Crippen LogP contribution < -0.4 is 0 Å². The van der Waals surface area contributed by atoms with Crippen molar-refractivity contribution in [3.63, 3.8) is 0 Å². The highest BCUT2D eigenvalue weighted by atomic mass is 127. The van der Waals surface area contributed by atoms with Crippen molar-refractivity contribution < 1.29 is 0 Å². The Bertz CT molecular complexity index is 787. The summed E-state index contributed by atoms with van der Waals surface area (Å²) in [6.45, 7) is 0. The highest BCUT2D eigenvalue weighted by molar-refractivity contribution is 14.1. The van der Waals surface area contributed by atoms with Gasteiger partial charge in [-0.15, -0.1) is 0 Å². The lowest BCUT2D eigenvalue weighted by molar-refractivity contribution is 1.54. The van der Waals surface area contributed by atoms with Gasteiger partial charge in [-0.3, -0.25) is 0 Å². The fourth-order valence-electron chi connectivity index (χ4n) is 2.34. The molecule has 3 aromatic carbocycles. The van der Waals surface area contributed by atoms with Gasteiger partial charge in [-0.05, 0) is 81.3 Å². The smallest absolute Gasteiger partial charge is 0.0406 e. The van der Waals surface area contributed by atoms with Crippen molar-refractivity contribution in [1.82, 2.24) is 0 Å². The Balaban J connectivity index is 2.15. The lowest BCUT2D eigenvalue weighted by Gasteiger charge is -2.10. The molecule has 0 saturated heterocycles. The van der Waals surface area contributed by atoms with Crippen molar-refractivity contribution in [2.24, 2.45) is 0 Å². The third kappa shape index (κ3) is 4.17. The molecule has 3 heteroatoms. The maximum absolute atomic E-state index is 6.03. The second-order valence-corrected chi connectivity index (χ2v) is 7.13. The zero-order valence-corrected chi connectivity index (χ0v) is 15.8. The van der Waals surface area contributed by atoms with E-state index < -0.39 is 0 Å². The summed E-state index contributed by atoms with van der Waals surface area (Å²) >= 11 is 14.4. The third-order valence-electron chi connectivity index (χ3n) is 3.52. The second kappa shape index (κ2) is 7.52. The van der Waals surface area contributed by atoms with Crippen LogP contribution in [-0.2, 0) is 0 Å². The molecule has 23 heavy (non-hydrogen) atoms. The molecule has 0 aliphatic heterocycles. The molecule has 0 heterocycles. The monoisotopic (exact) mass is 450 g/mol. The van der Waals surface area contributed by atoms with Crippen molar-refractivity contribution in [2.75, 3.05) is 0 Å². The van der Waals surface area contributed by atoms with E-state index in [9.17, 15) is 0 Å². The maximum atomic E-state index is 6.03. The zero-order valence-electron chi connectivity index (χ0n) is 12.1. The fourth-order valence-corrected chi connectivity index (χ4v) is 3.13. The fraction of sp³-hybridized carbons (Fsp3) is 0. The van der Waals surface area contributed by atoms with Gasteiger partial charge in [0.15, 0.2) is 0 Å². The molecule has 3 rings (SSSR count). The summed E-state index contributed by atoms with van der Waals surface area (Å²) in [6, 6.07) is 24.1. The van der Waals surface area contributed by atoms with Crippen LogP contribution in [-0.4, -0.2) is 0 Å². The summed E-state index contributed by atoms with van der Waals surface area (Å²) in [5, 5.41) is 1.47. The van der Waals surface area contributed by atoms with Gasteiger partial charge in [-0.2, -0.15) is 0 Å². The van der Waals surface area contributed by atoms with Gasteiger partial charge < -0.3 is 0 Å². The first kappa shape index (κ1) is 16.6. The van der Waals surface area contributed by atoms with Crippen molar-refractivity contribution in [3.05, 3.63) is 103 Å². The normalized spacial score (nSPS) is 10.4. The van der Waals surface area contributed by atoms with Gasteiger partial charge in [0.1, 0.15) is 0 Å². The molecule has 0 nitrogen and oxygen atoms in total. The van der Waals surface area contributed by atoms with E-state index >= 15 is 0 Å². The Labute approximate surface area is 159 Å². The topological polar surface area (TPSA) is 0 Å². The molecule has 3 aromatic rings. The van der Waals surface area contributed by atoms with Gasteiger partial charge in [0.05, 0.1) is 0 Å². The minimum atomic E-state index is 0.735. The highest BCUT2D eigenvalue weighted by Crippen LogP contribution is 2.29. The number of halogens is 3. The van der Waals surface area contributed by atoms with E-state index in [2.05, 4.69) is 46.9 Å². The summed E-state index contributed by atoms with van der Waals surface area (Å²) in [6.07, 6.45) is 2.20. The molecule has 0 atom stereocenters. The summed E-state index contributed by atoms with van der Waals surface area (Å²) in [4.78, 5) is 0. The molecule has 0 radical (unpaired) electrons. The van der Waals surface area contributed by atoms with E-state index in [1.165, 1.54) is 9.13 Å². The quantitative estimate of drug-likeness (QED) is 0.292. The predicted octanol–water partition coefficient (Wildman–Crippen LogP) is 7.19. The molecule has 0 fully saturated rings. The van der Waals surface area contributed by atoms with Crippen molar-refractivity contribution in [1.29, 1.82) is 0 Å². The van der Waals surface area contributed by atoms with Gasteiger partial charge in [0.2, 0.25) is 0 Å². The van der Waals surface area contributed by atoms with E-state index in [1.807, 2.05) is 54.6 Å². The number of benzene rings is 3. The van der Waals surface area contributed by atoms with Gasteiger partial charge in [-0.25, -0.2) is 0 Å². The van der Waals surface area contributed by atoms with Crippen molar-refractivity contribution in [2.45, 2.75) is 0 Å². The van der Waals surface area contributed by atoms with Crippen LogP contribution in [0, 0.1) is 3.57 Å². The SMILES string of the molecule is Clc1ccc(C(=Cc2ccccc2I)c2ccc(Cl)cc2)cc1. The van der Waals surface area contributed by atoms with E-state index in [0.717, 1.165) is 26.7 Å². The number of rotatable bonds is 3. The molecule has 0 aliphatic carbocycles. The van der Waals surface area contributed by atoms with Crippen molar-refractivity contribution in [3.8, 4) is 0 Å². The first-order chi connectivity index (χ1) is 11.1. The van der Waals surface area contributed by atoms with Gasteiger partial charge in [-0.1, -0.05) is 65.7 Å². The molecule has 114 valence electrons. The summed E-state index contributed by atoms with van der Waals surface area (Å²) in [5.41, 5.74) is 4.57. The van der Waals surface area contributed by atoms with E-state index in [4.69, 9.17) is 23.2 Å². The Morgan fingerprint density at radius 3 is 1.65 bits per heavy atom. The molecule has 0 unspecified atom stereocenters. The van der Waals surface area contributed by atoms with Crippen LogP contribution in [0.4, 0.5) is 0 Å². The predicted molar refractivity (Wildman–Crippen MR) is 109 cm³/mol. The van der Waals surface area contributed by atoms with E-state index in [0.29, 0.717) is 0 Å². The van der Waals surface area contributed by atoms with Gasteiger partial charge in [0, 0.05) is 13.6 Å². The summed E-state index contributed by atoms with van der Waals surface area (Å²) in [5.74, 6) is 0. The minimum absolute atomic E-state index is 0.735. The van der Waals surface area contributed by atoms with E-state index in [1.54, 1.807) is 0 Å². The molecule has 0 spiro atoms. The summed E-state index contributed by atoms with van der Waals surface area (Å²) < 4.78 is 1.21. The molecule has 0 bridgehead atoms. The average molecular weight is 451 g/mol. The molecule has 0 saturated carbocycles. The lowest BCUT2D eigenvalue weighted by atomic mass is 9.96. The first-order valence-corrected chi connectivity index (χ1v) is 8.95. The van der Waals surface area contributed by atoms with Crippen LogP contribution in [0.5, 0.6) is 0 Å². The van der Waals surface area contributed by atoms with E-state index in [-0.39, 0.29) is 0 Å². The average Bonchev–Trinajstić information content (AvgIpc) is 2.56. The molecule has 0 aromatic heterocycles. The number of hydrogen-bond donors (Lipinski definition) is 0. The van der Waals surface area contributed by atoms with Crippen LogP contribution in [0.3, 0.4) is 0 Å². The number of hydrogen-bond acceptors (Lipinski definition) is 0. The van der Waals surface area contributed by atoms with Gasteiger partial charge in [0.25, 0.3) is 0 Å². The molecule has 0 N–H and O–H groups in total.